The summed E-state index contributed by atoms with van der Waals surface area (Å²) >= 11 is 0. The number of amides is 1. The van der Waals surface area contributed by atoms with Crippen LogP contribution in [0.1, 0.15) is 31.4 Å². The van der Waals surface area contributed by atoms with Crippen LogP contribution in [0.5, 0.6) is 0 Å². The lowest BCUT2D eigenvalue weighted by atomic mass is 9.87. The van der Waals surface area contributed by atoms with Crippen molar-refractivity contribution in [3.8, 4) is 0 Å². The van der Waals surface area contributed by atoms with E-state index < -0.39 is 0 Å². The van der Waals surface area contributed by atoms with E-state index in [-0.39, 0.29) is 11.8 Å². The first kappa shape index (κ1) is 21.3. The average molecular weight is 388 g/mol. The second-order valence-electron chi connectivity index (χ2n) is 9.03. The van der Waals surface area contributed by atoms with Gasteiger partial charge in [0.15, 0.2) is 0 Å². The Morgan fingerprint density at radius 2 is 1.86 bits per heavy atom. The number of morpholine rings is 1. The van der Waals surface area contributed by atoms with Crippen molar-refractivity contribution in [2.45, 2.75) is 33.7 Å². The minimum absolute atomic E-state index is 0.0870. The van der Waals surface area contributed by atoms with E-state index in [1.54, 1.807) is 0 Å². The highest BCUT2D eigenvalue weighted by molar-refractivity contribution is 5.79. The molecule has 28 heavy (non-hydrogen) atoms. The number of piperidine rings is 1. The number of benzene rings is 1. The Morgan fingerprint density at radius 3 is 2.54 bits per heavy atom. The molecule has 2 heterocycles. The third kappa shape index (κ3) is 6.57. The molecular formula is C23H37N3O2. The summed E-state index contributed by atoms with van der Waals surface area (Å²) < 4.78 is 5.49. The normalized spacial score (nSPS) is 24.4. The van der Waals surface area contributed by atoms with E-state index >= 15 is 0 Å². The molecule has 2 saturated heterocycles. The van der Waals surface area contributed by atoms with Gasteiger partial charge in [-0.25, -0.2) is 0 Å². The first-order valence-corrected chi connectivity index (χ1v) is 10.9. The summed E-state index contributed by atoms with van der Waals surface area (Å²) in [6.45, 7) is 15.1. The van der Waals surface area contributed by atoms with Crippen LogP contribution in [0.4, 0.5) is 0 Å². The largest absolute Gasteiger partial charge is 0.379 e. The molecule has 0 aliphatic carbocycles. The minimum Gasteiger partial charge on any atom is -0.379 e. The van der Waals surface area contributed by atoms with E-state index in [4.69, 9.17) is 4.74 Å². The molecule has 1 N–H and O–H groups in total. The lowest BCUT2D eigenvalue weighted by molar-refractivity contribution is -0.128. The number of aryl methyl sites for hydroxylation is 1. The van der Waals surface area contributed by atoms with Crippen molar-refractivity contribution in [1.29, 1.82) is 0 Å². The first-order valence-electron chi connectivity index (χ1n) is 10.9. The quantitative estimate of drug-likeness (QED) is 0.781. The van der Waals surface area contributed by atoms with Gasteiger partial charge in [0.1, 0.15) is 0 Å². The van der Waals surface area contributed by atoms with Gasteiger partial charge < -0.3 is 15.0 Å². The average Bonchev–Trinajstić information content (AvgIpc) is 2.67. The molecule has 0 saturated carbocycles. The molecule has 0 aromatic heterocycles. The molecule has 1 aromatic rings. The molecule has 0 spiro atoms. The van der Waals surface area contributed by atoms with Crippen molar-refractivity contribution in [2.24, 2.45) is 17.8 Å². The summed E-state index contributed by atoms with van der Waals surface area (Å²) in [6, 6.07) is 8.40. The lowest BCUT2D eigenvalue weighted by Crippen LogP contribution is -2.50. The zero-order valence-electron chi connectivity index (χ0n) is 17.8. The molecule has 2 aliphatic rings. The SMILES string of the molecule is Cc1ccc(CNC(=O)[C@@H]2C[C@H](CN3CCOCC3)CN(CC(C)C)C2)cc1. The topological polar surface area (TPSA) is 44.8 Å². The Bertz CT molecular complexity index is 611. The van der Waals surface area contributed by atoms with Gasteiger partial charge in [-0.05, 0) is 30.7 Å². The molecule has 156 valence electrons. The Morgan fingerprint density at radius 1 is 1.14 bits per heavy atom. The van der Waals surface area contributed by atoms with Crippen molar-refractivity contribution < 1.29 is 9.53 Å². The van der Waals surface area contributed by atoms with Crippen LogP contribution in [0.3, 0.4) is 0 Å². The molecule has 2 fully saturated rings. The fourth-order valence-corrected chi connectivity index (χ4v) is 4.48. The number of likely N-dealkylation sites (tertiary alicyclic amines) is 1. The molecule has 1 aromatic carbocycles. The van der Waals surface area contributed by atoms with Gasteiger partial charge in [0.05, 0.1) is 19.1 Å². The highest BCUT2D eigenvalue weighted by Gasteiger charge is 2.32. The van der Waals surface area contributed by atoms with Crippen molar-refractivity contribution in [2.75, 3.05) is 52.5 Å². The number of hydrogen-bond acceptors (Lipinski definition) is 4. The van der Waals surface area contributed by atoms with Crippen LogP contribution in [0.25, 0.3) is 0 Å². The van der Waals surface area contributed by atoms with Crippen molar-refractivity contribution in [3.05, 3.63) is 35.4 Å². The Balaban J connectivity index is 1.56. The molecule has 0 unspecified atom stereocenters. The summed E-state index contributed by atoms with van der Waals surface area (Å²) in [4.78, 5) is 18.0. The Kier molecular flexibility index (Phi) is 7.89. The maximum absolute atomic E-state index is 12.9. The predicted molar refractivity (Wildman–Crippen MR) is 113 cm³/mol. The van der Waals surface area contributed by atoms with Gasteiger partial charge in [0.2, 0.25) is 5.91 Å². The first-order chi connectivity index (χ1) is 13.5. The van der Waals surface area contributed by atoms with Gasteiger partial charge >= 0.3 is 0 Å². The summed E-state index contributed by atoms with van der Waals surface area (Å²) in [7, 11) is 0. The second kappa shape index (κ2) is 10.4. The van der Waals surface area contributed by atoms with Crippen LogP contribution in [0.15, 0.2) is 24.3 Å². The van der Waals surface area contributed by atoms with E-state index in [2.05, 4.69) is 60.2 Å². The van der Waals surface area contributed by atoms with Crippen LogP contribution in [-0.2, 0) is 16.1 Å². The van der Waals surface area contributed by atoms with Crippen molar-refractivity contribution in [3.63, 3.8) is 0 Å². The van der Waals surface area contributed by atoms with Gasteiger partial charge in [-0.15, -0.1) is 0 Å². The number of ether oxygens (including phenoxy) is 1. The van der Waals surface area contributed by atoms with E-state index in [1.165, 1.54) is 11.1 Å². The maximum atomic E-state index is 12.9. The van der Waals surface area contributed by atoms with Gasteiger partial charge in [-0.2, -0.15) is 0 Å². The molecule has 5 heteroatoms. The second-order valence-corrected chi connectivity index (χ2v) is 9.03. The molecule has 1 amide bonds. The molecule has 2 aliphatic heterocycles. The smallest absolute Gasteiger partial charge is 0.224 e. The third-order valence-corrected chi connectivity index (χ3v) is 5.81. The number of carbonyl (C=O) groups excluding carboxylic acids is 1. The Hall–Kier alpha value is -1.43. The summed E-state index contributed by atoms with van der Waals surface area (Å²) in [5, 5.41) is 3.19. The monoisotopic (exact) mass is 387 g/mol. The number of nitrogens with zero attached hydrogens (tertiary/aromatic N) is 2. The van der Waals surface area contributed by atoms with Crippen LogP contribution in [-0.4, -0.2) is 68.2 Å². The van der Waals surface area contributed by atoms with Gasteiger partial charge in [0.25, 0.3) is 0 Å². The fourth-order valence-electron chi connectivity index (χ4n) is 4.48. The standard InChI is InChI=1S/C23H37N3O2/c1-18(2)14-26-16-21(15-25-8-10-28-11-9-25)12-22(17-26)23(27)24-13-20-6-4-19(3)5-7-20/h4-7,18,21-22H,8-17H2,1-3H3,(H,24,27)/t21-,22-/m1/s1. The van der Waals surface area contributed by atoms with Gasteiger partial charge in [-0.1, -0.05) is 43.7 Å². The molecule has 0 bridgehead atoms. The minimum atomic E-state index is 0.0870. The fraction of sp³-hybridized carbons (Fsp3) is 0.696. The number of carbonyl (C=O) groups is 1. The zero-order chi connectivity index (χ0) is 19.9. The van der Waals surface area contributed by atoms with E-state index in [1.807, 2.05) is 0 Å². The highest BCUT2D eigenvalue weighted by Crippen LogP contribution is 2.24. The van der Waals surface area contributed by atoms with Gasteiger partial charge in [0, 0.05) is 45.8 Å². The molecule has 0 radical (unpaired) electrons. The molecule has 3 rings (SSSR count). The molecule has 5 nitrogen and oxygen atoms in total. The highest BCUT2D eigenvalue weighted by atomic mass is 16.5. The van der Waals surface area contributed by atoms with Gasteiger partial charge in [-0.3, -0.25) is 9.69 Å². The number of rotatable bonds is 7. The Labute approximate surface area is 170 Å². The lowest BCUT2D eigenvalue weighted by Gasteiger charge is -2.40. The molecular weight excluding hydrogens is 350 g/mol. The van der Waals surface area contributed by atoms with Crippen molar-refractivity contribution >= 4 is 5.91 Å². The molecule has 2 atom stereocenters. The van der Waals surface area contributed by atoms with Crippen LogP contribution in [0, 0.1) is 24.7 Å². The van der Waals surface area contributed by atoms with E-state index in [0.717, 1.165) is 58.9 Å². The summed E-state index contributed by atoms with van der Waals surface area (Å²) in [6.07, 6.45) is 0.992. The third-order valence-electron chi connectivity index (χ3n) is 5.81. The van der Waals surface area contributed by atoms with Crippen LogP contribution < -0.4 is 5.32 Å². The maximum Gasteiger partial charge on any atom is 0.224 e. The van der Waals surface area contributed by atoms with Crippen molar-refractivity contribution in [1.82, 2.24) is 15.1 Å². The van der Waals surface area contributed by atoms with E-state index in [9.17, 15) is 4.79 Å². The zero-order valence-corrected chi connectivity index (χ0v) is 17.8. The number of nitrogens with one attached hydrogen (secondary N) is 1. The van der Waals surface area contributed by atoms with Crippen LogP contribution in [0.2, 0.25) is 0 Å². The van der Waals surface area contributed by atoms with Crippen LogP contribution >= 0.6 is 0 Å². The van der Waals surface area contributed by atoms with E-state index in [0.29, 0.717) is 18.4 Å². The number of hydrogen-bond donors (Lipinski definition) is 1. The summed E-state index contributed by atoms with van der Waals surface area (Å²) in [5.74, 6) is 1.48. The predicted octanol–water partition coefficient (Wildman–Crippen LogP) is 2.54. The summed E-state index contributed by atoms with van der Waals surface area (Å²) in [5.41, 5.74) is 2.41.